The Morgan fingerprint density at radius 3 is 2.71 bits per heavy atom. The summed E-state index contributed by atoms with van der Waals surface area (Å²) in [6.45, 7) is 0.484. The summed E-state index contributed by atoms with van der Waals surface area (Å²) in [4.78, 5) is 18.5. The van der Waals surface area contributed by atoms with Gasteiger partial charge in [0.15, 0.2) is 11.5 Å². The Labute approximate surface area is 153 Å². The molecule has 0 radical (unpaired) electrons. The van der Waals surface area contributed by atoms with Crippen molar-refractivity contribution in [1.29, 1.82) is 0 Å². The van der Waals surface area contributed by atoms with E-state index < -0.39 is 0 Å². The first-order chi connectivity index (χ1) is 11.6. The average molecular weight is 409 g/mol. The quantitative estimate of drug-likeness (QED) is 0.755. The van der Waals surface area contributed by atoms with Crippen molar-refractivity contribution in [1.82, 2.24) is 9.88 Å². The van der Waals surface area contributed by atoms with Gasteiger partial charge in [0, 0.05) is 16.2 Å². The Bertz CT molecular complexity index is 742. The summed E-state index contributed by atoms with van der Waals surface area (Å²) in [5.41, 5.74) is 1.86. The SMILES string of the molecule is COc1cc(Br)c(C2SCC(=O)N2Cc2ccccn2)cc1OC. The zero-order valence-corrected chi connectivity index (χ0v) is 15.8. The lowest BCUT2D eigenvalue weighted by Crippen LogP contribution is -2.28. The zero-order valence-electron chi connectivity index (χ0n) is 13.4. The van der Waals surface area contributed by atoms with E-state index in [1.807, 2.05) is 35.2 Å². The Hall–Kier alpha value is -1.73. The van der Waals surface area contributed by atoms with Crippen molar-refractivity contribution in [2.24, 2.45) is 0 Å². The smallest absolute Gasteiger partial charge is 0.234 e. The number of hydrogen-bond donors (Lipinski definition) is 0. The molecule has 3 rings (SSSR count). The molecule has 1 atom stereocenters. The molecule has 126 valence electrons. The van der Waals surface area contributed by atoms with Gasteiger partial charge >= 0.3 is 0 Å². The van der Waals surface area contributed by atoms with Crippen molar-refractivity contribution in [3.8, 4) is 11.5 Å². The number of nitrogens with zero attached hydrogens (tertiary/aromatic N) is 2. The Morgan fingerprint density at radius 2 is 2.04 bits per heavy atom. The fourth-order valence-electron chi connectivity index (χ4n) is 2.61. The standard InChI is InChI=1S/C17H17BrN2O3S/c1-22-14-7-12(13(18)8-15(14)23-2)17-20(16(21)10-24-17)9-11-5-3-4-6-19-11/h3-8,17H,9-10H2,1-2H3. The molecule has 0 spiro atoms. The zero-order chi connectivity index (χ0) is 17.1. The summed E-state index contributed by atoms with van der Waals surface area (Å²) >= 11 is 5.19. The summed E-state index contributed by atoms with van der Waals surface area (Å²) < 4.78 is 11.6. The number of halogens is 1. The maximum absolute atomic E-state index is 12.4. The highest BCUT2D eigenvalue weighted by Gasteiger charge is 2.34. The second kappa shape index (κ2) is 7.44. The van der Waals surface area contributed by atoms with E-state index in [4.69, 9.17) is 9.47 Å². The number of amides is 1. The largest absolute Gasteiger partial charge is 0.493 e. The van der Waals surface area contributed by atoms with Crippen molar-refractivity contribution in [2.45, 2.75) is 11.9 Å². The minimum Gasteiger partial charge on any atom is -0.493 e. The van der Waals surface area contributed by atoms with Crippen LogP contribution in [0, 0.1) is 0 Å². The number of carbonyl (C=O) groups excluding carboxylic acids is 1. The van der Waals surface area contributed by atoms with Gasteiger partial charge in [0.1, 0.15) is 5.37 Å². The lowest BCUT2D eigenvalue weighted by atomic mass is 10.1. The van der Waals surface area contributed by atoms with Crippen molar-refractivity contribution in [2.75, 3.05) is 20.0 Å². The fourth-order valence-corrected chi connectivity index (χ4v) is 4.51. The first-order valence-electron chi connectivity index (χ1n) is 7.36. The third kappa shape index (κ3) is 3.37. The van der Waals surface area contributed by atoms with Gasteiger partial charge < -0.3 is 14.4 Å². The summed E-state index contributed by atoms with van der Waals surface area (Å²) in [5, 5.41) is -0.0892. The van der Waals surface area contributed by atoms with E-state index in [-0.39, 0.29) is 11.3 Å². The van der Waals surface area contributed by atoms with E-state index in [0.717, 1.165) is 15.7 Å². The fraction of sp³-hybridized carbons (Fsp3) is 0.294. The van der Waals surface area contributed by atoms with E-state index >= 15 is 0 Å². The number of pyridine rings is 1. The number of methoxy groups -OCH3 is 2. The average Bonchev–Trinajstić information content (AvgIpc) is 2.96. The van der Waals surface area contributed by atoms with Gasteiger partial charge in [-0.05, 0) is 24.3 Å². The number of benzene rings is 1. The normalized spacial score (nSPS) is 17.2. The van der Waals surface area contributed by atoms with Gasteiger partial charge in [0.25, 0.3) is 0 Å². The molecule has 1 aromatic heterocycles. The van der Waals surface area contributed by atoms with E-state index in [2.05, 4.69) is 20.9 Å². The molecule has 0 bridgehead atoms. The first-order valence-corrected chi connectivity index (χ1v) is 9.20. The van der Waals surface area contributed by atoms with Gasteiger partial charge in [-0.1, -0.05) is 22.0 Å². The number of rotatable bonds is 5. The Kier molecular flexibility index (Phi) is 5.30. The molecule has 2 heterocycles. The van der Waals surface area contributed by atoms with Crippen LogP contribution in [0.1, 0.15) is 16.6 Å². The van der Waals surface area contributed by atoms with Gasteiger partial charge in [-0.15, -0.1) is 11.8 Å². The third-order valence-corrected chi connectivity index (χ3v) is 5.72. The van der Waals surface area contributed by atoms with Crippen LogP contribution in [0.5, 0.6) is 11.5 Å². The van der Waals surface area contributed by atoms with Crippen LogP contribution in [0.2, 0.25) is 0 Å². The number of carbonyl (C=O) groups is 1. The van der Waals surface area contributed by atoms with Crippen molar-refractivity contribution >= 4 is 33.6 Å². The lowest BCUT2D eigenvalue weighted by molar-refractivity contribution is -0.128. The van der Waals surface area contributed by atoms with Crippen LogP contribution in [0.4, 0.5) is 0 Å². The molecular formula is C17H17BrN2O3S. The van der Waals surface area contributed by atoms with Crippen molar-refractivity contribution in [3.63, 3.8) is 0 Å². The Balaban J connectivity index is 1.94. The van der Waals surface area contributed by atoms with E-state index in [1.54, 1.807) is 32.2 Å². The minimum atomic E-state index is -0.0892. The molecule has 24 heavy (non-hydrogen) atoms. The van der Waals surface area contributed by atoms with Crippen LogP contribution in [-0.2, 0) is 11.3 Å². The molecule has 1 saturated heterocycles. The van der Waals surface area contributed by atoms with E-state index in [0.29, 0.717) is 23.8 Å². The van der Waals surface area contributed by atoms with Crippen LogP contribution in [0.3, 0.4) is 0 Å². The second-order valence-corrected chi connectivity index (χ2v) is 7.16. The van der Waals surface area contributed by atoms with Gasteiger partial charge in [-0.2, -0.15) is 0 Å². The van der Waals surface area contributed by atoms with Crippen molar-refractivity contribution < 1.29 is 14.3 Å². The van der Waals surface area contributed by atoms with Crippen LogP contribution in [-0.4, -0.2) is 35.8 Å². The highest BCUT2D eigenvalue weighted by atomic mass is 79.9. The molecular weight excluding hydrogens is 392 g/mol. The van der Waals surface area contributed by atoms with Crippen LogP contribution < -0.4 is 9.47 Å². The summed E-state index contributed by atoms with van der Waals surface area (Å²) in [7, 11) is 3.21. The maximum Gasteiger partial charge on any atom is 0.234 e. The van der Waals surface area contributed by atoms with Gasteiger partial charge in [0.2, 0.25) is 5.91 Å². The molecule has 1 aromatic carbocycles. The molecule has 0 aliphatic carbocycles. The monoisotopic (exact) mass is 408 g/mol. The molecule has 0 saturated carbocycles. The Morgan fingerprint density at radius 1 is 1.29 bits per heavy atom. The van der Waals surface area contributed by atoms with Gasteiger partial charge in [-0.25, -0.2) is 0 Å². The molecule has 1 unspecified atom stereocenters. The molecule has 7 heteroatoms. The van der Waals surface area contributed by atoms with E-state index in [1.165, 1.54) is 0 Å². The molecule has 1 aliphatic rings. The number of aromatic nitrogens is 1. The minimum absolute atomic E-state index is 0.0892. The number of ether oxygens (including phenoxy) is 2. The summed E-state index contributed by atoms with van der Waals surface area (Å²) in [6, 6.07) is 9.52. The third-order valence-electron chi connectivity index (χ3n) is 3.80. The topological polar surface area (TPSA) is 51.7 Å². The first kappa shape index (κ1) is 17.1. The summed E-state index contributed by atoms with van der Waals surface area (Å²) in [6.07, 6.45) is 1.74. The number of thioether (sulfide) groups is 1. The molecule has 0 N–H and O–H groups in total. The van der Waals surface area contributed by atoms with Crippen LogP contribution in [0.15, 0.2) is 41.0 Å². The molecule has 1 fully saturated rings. The predicted molar refractivity (Wildman–Crippen MR) is 97.2 cm³/mol. The summed E-state index contributed by atoms with van der Waals surface area (Å²) in [5.74, 6) is 1.86. The van der Waals surface area contributed by atoms with Crippen LogP contribution in [0.25, 0.3) is 0 Å². The maximum atomic E-state index is 12.4. The molecule has 2 aromatic rings. The van der Waals surface area contributed by atoms with Crippen molar-refractivity contribution in [3.05, 3.63) is 52.3 Å². The van der Waals surface area contributed by atoms with Crippen LogP contribution >= 0.6 is 27.7 Å². The lowest BCUT2D eigenvalue weighted by Gasteiger charge is -2.25. The number of hydrogen-bond acceptors (Lipinski definition) is 5. The van der Waals surface area contributed by atoms with Gasteiger partial charge in [-0.3, -0.25) is 9.78 Å². The van der Waals surface area contributed by atoms with Gasteiger partial charge in [0.05, 0.1) is 32.2 Å². The molecule has 5 nitrogen and oxygen atoms in total. The highest BCUT2D eigenvalue weighted by molar-refractivity contribution is 9.10. The highest BCUT2D eigenvalue weighted by Crippen LogP contribution is 2.45. The molecule has 1 amide bonds. The molecule has 1 aliphatic heterocycles. The predicted octanol–water partition coefficient (Wildman–Crippen LogP) is 3.64. The second-order valence-electron chi connectivity index (χ2n) is 5.23. The van der Waals surface area contributed by atoms with E-state index in [9.17, 15) is 4.79 Å².